The first-order valence-corrected chi connectivity index (χ1v) is 10.1. The highest BCUT2D eigenvalue weighted by Gasteiger charge is 2.13. The largest absolute Gasteiger partial charge is 0.454 e. The number of benzene rings is 2. The lowest BCUT2D eigenvalue weighted by molar-refractivity contribution is -0.143. The minimum atomic E-state index is -0.567. The normalized spacial score (nSPS) is 12.1. The predicted octanol–water partition coefficient (Wildman–Crippen LogP) is 4.02. The molecule has 1 aliphatic heterocycles. The van der Waals surface area contributed by atoms with Crippen molar-refractivity contribution in [3.05, 3.63) is 77.2 Å². The molecular weight excluding hydrogens is 402 g/mol. The van der Waals surface area contributed by atoms with Gasteiger partial charge in [-0.3, -0.25) is 4.79 Å². The quantitative estimate of drug-likeness (QED) is 0.461. The fraction of sp³-hybridized carbons (Fsp3) is 0.130. The van der Waals surface area contributed by atoms with Gasteiger partial charge in [0.25, 0.3) is 5.91 Å². The van der Waals surface area contributed by atoms with E-state index in [2.05, 4.69) is 5.32 Å². The summed E-state index contributed by atoms with van der Waals surface area (Å²) in [5.41, 5.74) is 1.99. The second-order valence-corrected chi connectivity index (χ2v) is 7.59. The van der Waals surface area contributed by atoms with Crippen molar-refractivity contribution in [3.8, 4) is 21.9 Å². The highest BCUT2D eigenvalue weighted by atomic mass is 32.1. The molecule has 0 spiro atoms. The molecule has 1 amide bonds. The molecule has 2 aromatic carbocycles. The number of ether oxygens (including phenoxy) is 3. The summed E-state index contributed by atoms with van der Waals surface area (Å²) in [7, 11) is 0. The molecule has 0 bridgehead atoms. The second-order valence-electron chi connectivity index (χ2n) is 6.47. The molecule has 4 rings (SSSR count). The van der Waals surface area contributed by atoms with Gasteiger partial charge < -0.3 is 19.5 Å². The summed E-state index contributed by atoms with van der Waals surface area (Å²) in [5, 5.41) is 2.71. The van der Waals surface area contributed by atoms with Crippen LogP contribution in [0.15, 0.2) is 66.7 Å². The van der Waals surface area contributed by atoms with E-state index in [9.17, 15) is 9.59 Å². The minimum Gasteiger partial charge on any atom is -0.454 e. The summed E-state index contributed by atoms with van der Waals surface area (Å²) in [4.78, 5) is 25.9. The Morgan fingerprint density at radius 2 is 1.87 bits per heavy atom. The van der Waals surface area contributed by atoms with Gasteiger partial charge in [0.2, 0.25) is 6.79 Å². The van der Waals surface area contributed by atoms with Crippen LogP contribution in [0.1, 0.15) is 10.4 Å². The van der Waals surface area contributed by atoms with Crippen molar-refractivity contribution in [1.29, 1.82) is 0 Å². The second kappa shape index (κ2) is 9.28. The van der Waals surface area contributed by atoms with Crippen LogP contribution in [-0.2, 0) is 20.9 Å². The molecule has 7 heteroatoms. The van der Waals surface area contributed by atoms with Gasteiger partial charge in [0.15, 0.2) is 18.1 Å². The standard InChI is InChI=1S/C23H19NO5S/c25-22(24-13-16-6-9-19-20(12-16)29-15-28-19)14-27-23(26)11-8-18-7-10-21(30-18)17-4-2-1-3-5-17/h1-12H,13-15H2,(H,24,25)/b11-8+. The first-order chi connectivity index (χ1) is 14.7. The van der Waals surface area contributed by atoms with Gasteiger partial charge in [0, 0.05) is 22.4 Å². The van der Waals surface area contributed by atoms with Crippen LogP contribution < -0.4 is 14.8 Å². The molecule has 1 N–H and O–H groups in total. The molecule has 6 nitrogen and oxygen atoms in total. The summed E-state index contributed by atoms with van der Waals surface area (Å²) in [6.45, 7) is 0.168. The Bertz CT molecular complexity index is 1070. The number of nitrogens with one attached hydrogen (secondary N) is 1. The maximum Gasteiger partial charge on any atom is 0.331 e. The summed E-state index contributed by atoms with van der Waals surface area (Å²) >= 11 is 1.57. The molecule has 0 unspecified atom stereocenters. The molecule has 152 valence electrons. The van der Waals surface area contributed by atoms with Crippen LogP contribution in [0.5, 0.6) is 11.5 Å². The number of carbonyl (C=O) groups excluding carboxylic acids is 2. The Labute approximate surface area is 177 Å². The van der Waals surface area contributed by atoms with Crippen LogP contribution in [0.25, 0.3) is 16.5 Å². The molecule has 3 aromatic rings. The third kappa shape index (κ3) is 5.07. The fourth-order valence-corrected chi connectivity index (χ4v) is 3.75. The van der Waals surface area contributed by atoms with E-state index in [1.807, 2.05) is 54.6 Å². The zero-order valence-corrected chi connectivity index (χ0v) is 16.8. The third-order valence-corrected chi connectivity index (χ3v) is 5.44. The van der Waals surface area contributed by atoms with Crippen LogP contribution in [-0.4, -0.2) is 25.3 Å². The molecule has 0 aliphatic carbocycles. The molecule has 1 aromatic heterocycles. The maximum atomic E-state index is 11.9. The molecule has 0 fully saturated rings. The van der Waals surface area contributed by atoms with E-state index in [4.69, 9.17) is 14.2 Å². The maximum absolute atomic E-state index is 11.9. The molecule has 0 saturated heterocycles. The van der Waals surface area contributed by atoms with Crippen molar-refractivity contribution in [1.82, 2.24) is 5.32 Å². The fourth-order valence-electron chi connectivity index (χ4n) is 2.84. The van der Waals surface area contributed by atoms with E-state index in [0.717, 1.165) is 20.9 Å². The van der Waals surface area contributed by atoms with E-state index >= 15 is 0 Å². The van der Waals surface area contributed by atoms with Gasteiger partial charge in [-0.05, 0) is 41.5 Å². The van der Waals surface area contributed by atoms with E-state index in [1.54, 1.807) is 23.5 Å². The number of fused-ring (bicyclic) bond motifs is 1. The molecular formula is C23H19NO5S. The molecule has 2 heterocycles. The zero-order chi connectivity index (χ0) is 20.8. The van der Waals surface area contributed by atoms with Crippen molar-refractivity contribution >= 4 is 29.3 Å². The zero-order valence-electron chi connectivity index (χ0n) is 16.0. The summed E-state index contributed by atoms with van der Waals surface area (Å²) < 4.78 is 15.6. The summed E-state index contributed by atoms with van der Waals surface area (Å²) in [6, 6.07) is 19.4. The van der Waals surface area contributed by atoms with Crippen LogP contribution >= 0.6 is 11.3 Å². The lowest BCUT2D eigenvalue weighted by atomic mass is 10.2. The molecule has 0 radical (unpaired) electrons. The molecule has 0 saturated carbocycles. The van der Waals surface area contributed by atoms with Crippen LogP contribution in [0.3, 0.4) is 0 Å². The number of amides is 1. The number of hydrogen-bond acceptors (Lipinski definition) is 6. The van der Waals surface area contributed by atoms with Crippen LogP contribution in [0.2, 0.25) is 0 Å². The summed E-state index contributed by atoms with van der Waals surface area (Å²) in [6.07, 6.45) is 3.01. The van der Waals surface area contributed by atoms with Crippen LogP contribution in [0.4, 0.5) is 0 Å². The number of hydrogen-bond donors (Lipinski definition) is 1. The van der Waals surface area contributed by atoms with E-state index in [-0.39, 0.29) is 19.3 Å². The van der Waals surface area contributed by atoms with E-state index in [0.29, 0.717) is 18.0 Å². The Morgan fingerprint density at radius 3 is 2.73 bits per heavy atom. The van der Waals surface area contributed by atoms with Gasteiger partial charge >= 0.3 is 5.97 Å². The Balaban J connectivity index is 1.21. The predicted molar refractivity (Wildman–Crippen MR) is 114 cm³/mol. The van der Waals surface area contributed by atoms with Crippen molar-refractivity contribution in [2.75, 3.05) is 13.4 Å². The van der Waals surface area contributed by atoms with Gasteiger partial charge in [-0.15, -0.1) is 11.3 Å². The topological polar surface area (TPSA) is 73.9 Å². The highest BCUT2D eigenvalue weighted by Crippen LogP contribution is 2.32. The van der Waals surface area contributed by atoms with Gasteiger partial charge in [-0.25, -0.2) is 4.79 Å². The SMILES string of the molecule is O=C(COC(=O)/C=C/c1ccc(-c2ccccc2)s1)NCc1ccc2c(c1)OCO2. The number of carbonyl (C=O) groups is 2. The van der Waals surface area contributed by atoms with Gasteiger partial charge in [-0.2, -0.15) is 0 Å². The number of rotatable bonds is 7. The average Bonchev–Trinajstić information content (AvgIpc) is 3.44. The number of thiophene rings is 1. The van der Waals surface area contributed by atoms with Gasteiger partial charge in [0.05, 0.1) is 0 Å². The lowest BCUT2D eigenvalue weighted by Gasteiger charge is -2.06. The Kier molecular flexibility index (Phi) is 6.10. The van der Waals surface area contributed by atoms with Gasteiger partial charge in [-0.1, -0.05) is 36.4 Å². The highest BCUT2D eigenvalue weighted by molar-refractivity contribution is 7.16. The Morgan fingerprint density at radius 1 is 1.03 bits per heavy atom. The lowest BCUT2D eigenvalue weighted by Crippen LogP contribution is -2.28. The van der Waals surface area contributed by atoms with Crippen molar-refractivity contribution < 1.29 is 23.8 Å². The first kappa shape index (κ1) is 19.7. The van der Waals surface area contributed by atoms with Crippen molar-refractivity contribution in [2.24, 2.45) is 0 Å². The molecule has 0 atom stereocenters. The van der Waals surface area contributed by atoms with Crippen molar-refractivity contribution in [2.45, 2.75) is 6.54 Å². The number of esters is 1. The molecule has 30 heavy (non-hydrogen) atoms. The average molecular weight is 421 g/mol. The van der Waals surface area contributed by atoms with E-state index < -0.39 is 5.97 Å². The molecule has 1 aliphatic rings. The monoisotopic (exact) mass is 421 g/mol. The van der Waals surface area contributed by atoms with Crippen LogP contribution in [0, 0.1) is 0 Å². The third-order valence-electron chi connectivity index (χ3n) is 4.34. The van der Waals surface area contributed by atoms with Gasteiger partial charge in [0.1, 0.15) is 0 Å². The first-order valence-electron chi connectivity index (χ1n) is 9.33. The summed E-state index contributed by atoms with van der Waals surface area (Å²) in [5.74, 6) is 0.398. The van der Waals surface area contributed by atoms with E-state index in [1.165, 1.54) is 6.08 Å². The Hall–Kier alpha value is -3.58. The minimum absolute atomic E-state index is 0.202. The van der Waals surface area contributed by atoms with Crippen molar-refractivity contribution in [3.63, 3.8) is 0 Å². The smallest absolute Gasteiger partial charge is 0.331 e.